The summed E-state index contributed by atoms with van der Waals surface area (Å²) in [5.41, 5.74) is 12.8. The largest absolute Gasteiger partial charge is 0.481 e. The topological polar surface area (TPSA) is 375 Å². The van der Waals surface area contributed by atoms with E-state index in [4.69, 9.17) is 16.6 Å². The van der Waals surface area contributed by atoms with E-state index in [-0.39, 0.29) is 38.1 Å². The molecule has 0 unspecified atom stereocenters. The van der Waals surface area contributed by atoms with E-state index in [1.807, 2.05) is 0 Å². The highest BCUT2D eigenvalue weighted by atomic mass is 16.4. The van der Waals surface area contributed by atoms with Gasteiger partial charge < -0.3 is 68.8 Å². The maximum Gasteiger partial charge on any atom is 0.328 e. The Hall–Kier alpha value is -6.13. The second-order valence-electron chi connectivity index (χ2n) is 15.0. The number of aromatic amines is 1. The fourth-order valence-electron chi connectivity index (χ4n) is 6.10. The lowest BCUT2D eigenvalue weighted by molar-refractivity contribution is -0.143. The predicted molar refractivity (Wildman–Crippen MR) is 218 cm³/mol. The Morgan fingerprint density at radius 3 is 1.74 bits per heavy atom. The SMILES string of the molecule is CC(C)C[C@H](NC(=O)[C@@H](N)CCC(=O)O)C(=O)N[C@@H](CCC(=O)O)C(=O)N[C@@H](CCCCN)C(=O)N[C@@H](Cc1c[nH]c2ccccc12)C(=O)N[C@@H](C)C(=O)N[C@@H](CO)C(=O)O. The maximum atomic E-state index is 14.1. The van der Waals surface area contributed by atoms with Crippen LogP contribution in [-0.4, -0.2) is 134 Å². The van der Waals surface area contributed by atoms with Gasteiger partial charge in [-0.1, -0.05) is 32.0 Å². The molecule has 1 aromatic heterocycles. The molecule has 22 nitrogen and oxygen atoms in total. The summed E-state index contributed by atoms with van der Waals surface area (Å²) in [6.45, 7) is 4.08. The smallest absolute Gasteiger partial charge is 0.328 e. The number of carboxylic acids is 3. The number of amides is 6. The monoisotopic (exact) mass is 861 g/mol. The van der Waals surface area contributed by atoms with E-state index in [0.717, 1.165) is 5.52 Å². The molecule has 0 aliphatic heterocycles. The van der Waals surface area contributed by atoms with E-state index < -0.39 is 122 Å². The first-order valence-electron chi connectivity index (χ1n) is 19.9. The minimum Gasteiger partial charge on any atom is -0.481 e. The van der Waals surface area contributed by atoms with E-state index in [9.17, 15) is 58.5 Å². The van der Waals surface area contributed by atoms with Gasteiger partial charge in [0.1, 0.15) is 36.3 Å². The van der Waals surface area contributed by atoms with Crippen LogP contribution in [0.4, 0.5) is 0 Å². The Bertz CT molecular complexity index is 1850. The number of aliphatic hydroxyl groups is 1. The zero-order valence-electron chi connectivity index (χ0n) is 34.4. The van der Waals surface area contributed by atoms with Gasteiger partial charge in [0.05, 0.1) is 12.6 Å². The van der Waals surface area contributed by atoms with Crippen molar-refractivity contribution in [2.45, 2.75) is 121 Å². The highest BCUT2D eigenvalue weighted by molar-refractivity contribution is 5.97. The molecular weight excluding hydrogens is 802 g/mol. The molecule has 6 amide bonds. The number of fused-ring (bicyclic) bond motifs is 1. The first kappa shape index (κ1) is 51.0. The second-order valence-corrected chi connectivity index (χ2v) is 15.0. The Morgan fingerprint density at radius 1 is 0.639 bits per heavy atom. The van der Waals surface area contributed by atoms with Gasteiger partial charge >= 0.3 is 17.9 Å². The van der Waals surface area contributed by atoms with Crippen LogP contribution in [0.3, 0.4) is 0 Å². The van der Waals surface area contributed by atoms with Crippen LogP contribution in [0.2, 0.25) is 0 Å². The van der Waals surface area contributed by atoms with Gasteiger partial charge in [-0.15, -0.1) is 0 Å². The van der Waals surface area contributed by atoms with E-state index in [0.29, 0.717) is 23.8 Å². The lowest BCUT2D eigenvalue weighted by atomic mass is 10.0. The summed E-state index contributed by atoms with van der Waals surface area (Å²) in [5, 5.41) is 52.4. The fraction of sp³-hybridized carbons (Fsp3) is 0.564. The number of H-pyrrole nitrogens is 1. The first-order valence-corrected chi connectivity index (χ1v) is 19.9. The van der Waals surface area contributed by atoms with Crippen molar-refractivity contribution >= 4 is 64.3 Å². The number of nitrogens with two attached hydrogens (primary N) is 2. The van der Waals surface area contributed by atoms with Crippen molar-refractivity contribution < 1.29 is 63.6 Å². The molecule has 1 heterocycles. The third-order valence-electron chi connectivity index (χ3n) is 9.49. The summed E-state index contributed by atoms with van der Waals surface area (Å²) in [5.74, 6) is -9.49. The Labute approximate surface area is 351 Å². The molecule has 0 fully saturated rings. The van der Waals surface area contributed by atoms with Crippen molar-refractivity contribution in [2.75, 3.05) is 13.2 Å². The molecule has 1 aromatic carbocycles. The lowest BCUT2D eigenvalue weighted by Crippen LogP contribution is -2.60. The normalized spacial score (nSPS) is 14.6. The lowest BCUT2D eigenvalue weighted by Gasteiger charge is -2.27. The van der Waals surface area contributed by atoms with Gasteiger partial charge in [0.2, 0.25) is 35.4 Å². The van der Waals surface area contributed by atoms with Crippen molar-refractivity contribution in [2.24, 2.45) is 17.4 Å². The van der Waals surface area contributed by atoms with Crippen LogP contribution in [0.15, 0.2) is 30.5 Å². The molecular formula is C39H59N9O13. The molecule has 2 aromatic rings. The van der Waals surface area contributed by atoms with Gasteiger partial charge in [-0.05, 0) is 69.5 Å². The number of carboxylic acid groups (broad SMARTS) is 3. The number of benzene rings is 1. The van der Waals surface area contributed by atoms with E-state index in [2.05, 4.69) is 36.9 Å². The number of hydrogen-bond acceptors (Lipinski definition) is 12. The number of aliphatic carboxylic acids is 3. The summed E-state index contributed by atoms with van der Waals surface area (Å²) in [6.07, 6.45) is 0.606. The second kappa shape index (κ2) is 25.5. The average molecular weight is 862 g/mol. The van der Waals surface area contributed by atoms with Crippen LogP contribution < -0.4 is 43.4 Å². The molecule has 0 radical (unpaired) electrons. The highest BCUT2D eigenvalue weighted by Crippen LogP contribution is 2.20. The average Bonchev–Trinajstić information content (AvgIpc) is 3.61. The number of aliphatic hydroxyl groups excluding tert-OH is 1. The third kappa shape index (κ3) is 17.6. The summed E-state index contributed by atoms with van der Waals surface area (Å²) in [6, 6.07) is -2.72. The molecule has 0 aliphatic carbocycles. The molecule has 7 atom stereocenters. The van der Waals surface area contributed by atoms with Crippen molar-refractivity contribution in [3.05, 3.63) is 36.0 Å². The summed E-state index contributed by atoms with van der Waals surface area (Å²) < 4.78 is 0. The van der Waals surface area contributed by atoms with Gasteiger partial charge in [0.15, 0.2) is 0 Å². The Balaban J connectivity index is 2.42. The van der Waals surface area contributed by atoms with Crippen LogP contribution in [0, 0.1) is 5.92 Å². The number of carbonyl (C=O) groups is 9. The van der Waals surface area contributed by atoms with Gasteiger partial charge in [-0.25, -0.2) is 4.79 Å². The zero-order chi connectivity index (χ0) is 45.8. The number of carbonyl (C=O) groups excluding carboxylic acids is 6. The molecule has 338 valence electrons. The molecule has 0 spiro atoms. The van der Waals surface area contributed by atoms with Crippen LogP contribution in [-0.2, 0) is 49.6 Å². The maximum absolute atomic E-state index is 14.1. The van der Waals surface area contributed by atoms with Gasteiger partial charge in [-0.3, -0.25) is 38.4 Å². The predicted octanol–water partition coefficient (Wildman–Crippen LogP) is -2.05. The van der Waals surface area contributed by atoms with Crippen molar-refractivity contribution in [1.82, 2.24) is 36.9 Å². The van der Waals surface area contributed by atoms with Gasteiger partial charge in [0.25, 0.3) is 0 Å². The van der Waals surface area contributed by atoms with Crippen LogP contribution in [0.1, 0.15) is 77.7 Å². The minimum atomic E-state index is -1.65. The fourth-order valence-corrected chi connectivity index (χ4v) is 6.10. The molecule has 0 aliphatic rings. The molecule has 0 saturated heterocycles. The summed E-state index contributed by atoms with van der Waals surface area (Å²) in [4.78, 5) is 118. The van der Waals surface area contributed by atoms with Crippen molar-refractivity contribution in [1.29, 1.82) is 0 Å². The number of para-hydroxylation sites is 1. The molecule has 22 heteroatoms. The number of hydrogen-bond donors (Lipinski definition) is 13. The molecule has 15 N–H and O–H groups in total. The summed E-state index contributed by atoms with van der Waals surface area (Å²) >= 11 is 0. The van der Waals surface area contributed by atoms with Crippen LogP contribution in [0.5, 0.6) is 0 Å². The van der Waals surface area contributed by atoms with E-state index in [1.54, 1.807) is 44.3 Å². The standard InChI is InChI=1S/C39H59N9O13/c1-20(2)16-28(46-34(55)24(41)11-13-31(50)51)38(59)45-27(12-14-32(52)53)36(57)44-26(10-6-7-15-40)35(56)47-29(17-22-18-42-25-9-5-4-8-23(22)25)37(58)43-21(3)33(54)48-30(19-49)39(60)61/h4-5,8-9,18,20-21,24,26-30,42,49H,6-7,10-17,19,40-41H2,1-3H3,(H,43,58)(H,44,57)(H,45,59)(H,46,55)(H,47,56)(H,48,54)(H,50,51)(H,52,53)(H,60,61)/t21-,24-,26-,27-,28-,29-,30-/m0/s1. The molecule has 0 saturated carbocycles. The number of unbranched alkanes of at least 4 members (excludes halogenated alkanes) is 1. The van der Waals surface area contributed by atoms with Gasteiger partial charge in [0, 0.05) is 36.4 Å². The molecule has 2 rings (SSSR count). The van der Waals surface area contributed by atoms with Crippen molar-refractivity contribution in [3.63, 3.8) is 0 Å². The number of aromatic nitrogens is 1. The Kier molecular flexibility index (Phi) is 21.3. The first-order chi connectivity index (χ1) is 28.8. The highest BCUT2D eigenvalue weighted by Gasteiger charge is 2.34. The van der Waals surface area contributed by atoms with E-state index in [1.165, 1.54) is 6.92 Å². The van der Waals surface area contributed by atoms with Crippen molar-refractivity contribution in [3.8, 4) is 0 Å². The molecule has 0 bridgehead atoms. The van der Waals surface area contributed by atoms with Gasteiger partial charge in [-0.2, -0.15) is 0 Å². The Morgan fingerprint density at radius 2 is 1.16 bits per heavy atom. The third-order valence-corrected chi connectivity index (χ3v) is 9.49. The van der Waals surface area contributed by atoms with Crippen LogP contribution in [0.25, 0.3) is 10.9 Å². The zero-order valence-corrected chi connectivity index (χ0v) is 34.4. The number of rotatable bonds is 28. The quantitative estimate of drug-likeness (QED) is 0.0410. The summed E-state index contributed by atoms with van der Waals surface area (Å²) in [7, 11) is 0. The minimum absolute atomic E-state index is 0.0212. The van der Waals surface area contributed by atoms with E-state index >= 15 is 0 Å². The van der Waals surface area contributed by atoms with Crippen LogP contribution >= 0.6 is 0 Å². The number of nitrogens with one attached hydrogen (secondary N) is 7. The molecule has 61 heavy (non-hydrogen) atoms.